The number of hydroxylamine groups is 1. The molecule has 3 aliphatic heterocycles. The molecule has 0 radical (unpaired) electrons. The van der Waals surface area contributed by atoms with Crippen LogP contribution in [-0.4, -0.2) is 50.3 Å². The lowest BCUT2D eigenvalue weighted by Crippen LogP contribution is -2.63. The van der Waals surface area contributed by atoms with E-state index in [0.717, 1.165) is 37.2 Å². The third-order valence-corrected chi connectivity index (χ3v) is 8.61. The topological polar surface area (TPSA) is 42.0 Å². The Labute approximate surface area is 154 Å². The van der Waals surface area contributed by atoms with Crippen LogP contribution in [0.1, 0.15) is 25.3 Å². The van der Waals surface area contributed by atoms with Gasteiger partial charge in [-0.05, 0) is 42.9 Å². The van der Waals surface area contributed by atoms with Gasteiger partial charge < -0.3 is 9.64 Å². The molecule has 2 aliphatic carbocycles. The number of benzene rings is 1. The Morgan fingerprint density at radius 1 is 1.35 bits per heavy atom. The number of anilines is 1. The van der Waals surface area contributed by atoms with E-state index in [2.05, 4.69) is 31.0 Å². The minimum atomic E-state index is -0.597. The molecule has 6 rings (SSSR count). The summed E-state index contributed by atoms with van der Waals surface area (Å²) in [4.78, 5) is 22.0. The molecule has 7 atom stereocenters. The summed E-state index contributed by atoms with van der Waals surface area (Å²) in [5.74, 6) is 1.66. The Hall–Kier alpha value is -1.43. The van der Waals surface area contributed by atoms with Crippen molar-refractivity contribution in [1.82, 2.24) is 4.90 Å². The van der Waals surface area contributed by atoms with Gasteiger partial charge in [-0.2, -0.15) is 5.06 Å². The zero-order chi connectivity index (χ0) is 17.8. The van der Waals surface area contributed by atoms with Crippen molar-refractivity contribution in [1.29, 1.82) is 0 Å². The van der Waals surface area contributed by atoms with Crippen LogP contribution in [0.25, 0.3) is 0 Å². The number of piperidine rings is 1. The third kappa shape index (κ3) is 1.34. The van der Waals surface area contributed by atoms with E-state index in [-0.39, 0.29) is 17.4 Å². The van der Waals surface area contributed by atoms with Crippen LogP contribution >= 0.6 is 0 Å². The van der Waals surface area contributed by atoms with Crippen molar-refractivity contribution in [3.8, 4) is 0 Å². The number of carbonyl (C=O) groups excluding carboxylic acids is 1. The van der Waals surface area contributed by atoms with Gasteiger partial charge in [0.15, 0.2) is 0 Å². The van der Waals surface area contributed by atoms with E-state index >= 15 is 0 Å². The van der Waals surface area contributed by atoms with Crippen LogP contribution < -0.4 is 5.06 Å². The van der Waals surface area contributed by atoms with Crippen molar-refractivity contribution >= 4 is 11.6 Å². The summed E-state index contributed by atoms with van der Waals surface area (Å²) < 4.78 is 6.42. The fourth-order valence-electron chi connectivity index (χ4n) is 8.02. The van der Waals surface area contributed by atoms with Gasteiger partial charge in [0.1, 0.15) is 5.41 Å². The van der Waals surface area contributed by atoms with E-state index in [1.165, 1.54) is 5.06 Å². The summed E-state index contributed by atoms with van der Waals surface area (Å²) >= 11 is 0. The van der Waals surface area contributed by atoms with Crippen molar-refractivity contribution in [2.75, 3.05) is 32.4 Å². The molecule has 0 aromatic heterocycles. The average Bonchev–Trinajstić information content (AvgIpc) is 3.13. The molecule has 5 bridgehead atoms. The number of hydrogen-bond donors (Lipinski definition) is 0. The highest BCUT2D eigenvalue weighted by atomic mass is 16.7. The second-order valence-corrected chi connectivity index (χ2v) is 8.97. The van der Waals surface area contributed by atoms with E-state index < -0.39 is 5.41 Å². The van der Waals surface area contributed by atoms with Gasteiger partial charge in [0.25, 0.3) is 5.91 Å². The first-order chi connectivity index (χ1) is 12.6. The average molecular weight is 354 g/mol. The predicted octanol–water partition coefficient (Wildman–Crippen LogP) is 2.21. The maximum Gasteiger partial charge on any atom is 0.264 e. The first-order valence-electron chi connectivity index (χ1n) is 9.91. The Kier molecular flexibility index (Phi) is 2.82. The smallest absolute Gasteiger partial charge is 0.264 e. The van der Waals surface area contributed by atoms with E-state index in [1.54, 1.807) is 7.11 Å². The quantitative estimate of drug-likeness (QED) is 0.817. The first kappa shape index (κ1) is 15.6. The molecule has 0 N–H and O–H groups in total. The molecule has 1 amide bonds. The minimum Gasteiger partial charge on any atom is -0.376 e. The van der Waals surface area contributed by atoms with E-state index in [9.17, 15) is 4.79 Å². The number of nitrogens with zero attached hydrogens (tertiary/aromatic N) is 2. The molecule has 1 spiro atoms. The highest BCUT2D eigenvalue weighted by Gasteiger charge is 2.80. The maximum atomic E-state index is 13.9. The van der Waals surface area contributed by atoms with Crippen LogP contribution in [0.3, 0.4) is 0 Å². The second-order valence-electron chi connectivity index (χ2n) is 8.97. The Morgan fingerprint density at radius 2 is 2.15 bits per heavy atom. The summed E-state index contributed by atoms with van der Waals surface area (Å²) in [5.41, 5.74) is 1.66. The van der Waals surface area contributed by atoms with Crippen LogP contribution in [0.5, 0.6) is 0 Å². The van der Waals surface area contributed by atoms with Gasteiger partial charge in [-0.1, -0.05) is 25.1 Å². The lowest BCUT2D eigenvalue weighted by molar-refractivity contribution is -0.166. The number of fused-ring (bicyclic) bond motifs is 5. The lowest BCUT2D eigenvalue weighted by Gasteiger charge is -2.55. The predicted molar refractivity (Wildman–Crippen MR) is 96.6 cm³/mol. The van der Waals surface area contributed by atoms with E-state index in [1.807, 2.05) is 12.1 Å². The fraction of sp³-hybridized carbons (Fsp3) is 0.667. The van der Waals surface area contributed by atoms with Gasteiger partial charge >= 0.3 is 0 Å². The summed E-state index contributed by atoms with van der Waals surface area (Å²) in [6, 6.07) is 8.64. The van der Waals surface area contributed by atoms with Crippen molar-refractivity contribution in [3.05, 3.63) is 29.8 Å². The number of likely N-dealkylation sites (tertiary alicyclic amines) is 1. The molecule has 1 aromatic rings. The molecule has 4 fully saturated rings. The largest absolute Gasteiger partial charge is 0.376 e. The minimum absolute atomic E-state index is 0.0290. The molecule has 3 heterocycles. The van der Waals surface area contributed by atoms with Gasteiger partial charge in [0.05, 0.1) is 25.5 Å². The number of carbonyl (C=O) groups is 1. The number of ether oxygens (including phenoxy) is 1. The summed E-state index contributed by atoms with van der Waals surface area (Å²) in [6.07, 6.45) is 2.12. The highest BCUT2D eigenvalue weighted by molar-refractivity contribution is 6.08. The first-order valence-corrected chi connectivity index (χ1v) is 9.91. The fourth-order valence-corrected chi connectivity index (χ4v) is 8.02. The second kappa shape index (κ2) is 4.70. The van der Waals surface area contributed by atoms with E-state index in [4.69, 9.17) is 9.57 Å². The molecule has 5 heteroatoms. The molecule has 1 aromatic carbocycles. The Bertz CT molecular complexity index is 812. The zero-order valence-electron chi connectivity index (χ0n) is 15.6. The summed E-state index contributed by atoms with van der Waals surface area (Å²) in [5, 5.41) is 1.54. The van der Waals surface area contributed by atoms with E-state index in [0.29, 0.717) is 23.8 Å². The molecule has 0 unspecified atom stereocenters. The summed E-state index contributed by atoms with van der Waals surface area (Å²) in [7, 11) is 3.85. The molecule has 26 heavy (non-hydrogen) atoms. The number of rotatable bonds is 2. The maximum absolute atomic E-state index is 13.9. The molecule has 2 saturated carbocycles. The molecule has 5 aliphatic rings. The van der Waals surface area contributed by atoms with Crippen LogP contribution in [0.15, 0.2) is 24.3 Å². The lowest BCUT2D eigenvalue weighted by atomic mass is 9.50. The normalized spacial score (nSPS) is 48.0. The SMILES string of the molecule is CC[C@]12CN(C)[C@@H]3[C@H]4CO[C@H](C[C@H]41)[C@]1(C(=O)N(OC)c4ccccc41)[C@@H]32. The van der Waals surface area contributed by atoms with Gasteiger partial charge in [-0.25, -0.2) is 0 Å². The highest BCUT2D eigenvalue weighted by Crippen LogP contribution is 2.74. The number of amides is 1. The molecular formula is C21H26N2O3. The van der Waals surface area contributed by atoms with Crippen LogP contribution in [0.2, 0.25) is 0 Å². The van der Waals surface area contributed by atoms with Gasteiger partial charge in [0, 0.05) is 24.4 Å². The van der Waals surface area contributed by atoms with Crippen molar-refractivity contribution < 1.29 is 14.4 Å². The Morgan fingerprint density at radius 3 is 2.92 bits per heavy atom. The number of para-hydroxylation sites is 1. The molecular weight excluding hydrogens is 328 g/mol. The third-order valence-electron chi connectivity index (χ3n) is 8.61. The monoisotopic (exact) mass is 354 g/mol. The van der Waals surface area contributed by atoms with Gasteiger partial charge in [0.2, 0.25) is 0 Å². The molecule has 5 nitrogen and oxygen atoms in total. The molecule has 138 valence electrons. The van der Waals surface area contributed by atoms with Crippen LogP contribution in [-0.2, 0) is 19.8 Å². The van der Waals surface area contributed by atoms with Crippen molar-refractivity contribution in [2.45, 2.75) is 37.3 Å². The molecule has 2 saturated heterocycles. The van der Waals surface area contributed by atoms with Crippen LogP contribution in [0.4, 0.5) is 5.69 Å². The zero-order valence-corrected chi connectivity index (χ0v) is 15.6. The summed E-state index contributed by atoms with van der Waals surface area (Å²) in [6.45, 7) is 4.23. The van der Waals surface area contributed by atoms with Crippen molar-refractivity contribution in [3.63, 3.8) is 0 Å². The Balaban J connectivity index is 1.67. The van der Waals surface area contributed by atoms with Crippen LogP contribution in [0, 0.1) is 23.2 Å². The van der Waals surface area contributed by atoms with Gasteiger partial charge in [-0.3, -0.25) is 9.63 Å². The van der Waals surface area contributed by atoms with Crippen molar-refractivity contribution in [2.24, 2.45) is 23.2 Å². The number of hydrogen-bond acceptors (Lipinski definition) is 4. The standard InChI is InChI=1S/C21H26N2O3/c1-4-20-11-22(2)17-12-10-26-16(9-14(12)20)21(18(17)20)13-7-5-6-8-15(13)23(25-3)19(21)24/h5-8,12,14,16-18H,4,9-11H2,1-3H3/t12-,14+,16+,17+,18-,20-,21-/m0/s1. The van der Waals surface area contributed by atoms with Gasteiger partial charge in [-0.15, -0.1) is 0 Å².